The van der Waals surface area contributed by atoms with Crippen LogP contribution in [0.3, 0.4) is 0 Å². The second-order valence-electron chi connectivity index (χ2n) is 6.96. The van der Waals surface area contributed by atoms with Crippen LogP contribution >= 0.6 is 0 Å². The summed E-state index contributed by atoms with van der Waals surface area (Å²) in [5.74, 6) is 0.747. The quantitative estimate of drug-likeness (QED) is 0.845. The number of morpholine rings is 1. The molecule has 2 heterocycles. The maximum atomic E-state index is 12.9. The van der Waals surface area contributed by atoms with E-state index in [4.69, 9.17) is 4.74 Å². The molecule has 0 radical (unpaired) electrons. The Kier molecular flexibility index (Phi) is 4.25. The van der Waals surface area contributed by atoms with Gasteiger partial charge in [0.1, 0.15) is 6.10 Å². The monoisotopic (exact) mass is 337 g/mol. The normalized spacial score (nSPS) is 19.8. The van der Waals surface area contributed by atoms with Gasteiger partial charge in [-0.25, -0.2) is 9.97 Å². The van der Waals surface area contributed by atoms with Gasteiger partial charge in [0.05, 0.1) is 13.2 Å². The van der Waals surface area contributed by atoms with Gasteiger partial charge in [-0.2, -0.15) is 0 Å². The number of amides is 1. The second-order valence-corrected chi connectivity index (χ2v) is 6.96. The number of hydrogen-bond donors (Lipinski definition) is 0. The smallest absolute Gasteiger partial charge is 0.254 e. The largest absolute Gasteiger partial charge is 0.367 e. The van der Waals surface area contributed by atoms with Crippen molar-refractivity contribution in [3.8, 4) is 0 Å². The lowest BCUT2D eigenvalue weighted by atomic mass is 10.1. The van der Waals surface area contributed by atoms with Crippen molar-refractivity contribution in [3.63, 3.8) is 0 Å². The molecule has 1 amide bonds. The van der Waals surface area contributed by atoms with E-state index in [2.05, 4.69) is 22.1 Å². The van der Waals surface area contributed by atoms with Gasteiger partial charge < -0.3 is 9.64 Å². The molecule has 5 nitrogen and oxygen atoms in total. The number of benzene rings is 1. The van der Waals surface area contributed by atoms with Crippen LogP contribution in [-0.2, 0) is 17.6 Å². The molecule has 1 saturated heterocycles. The van der Waals surface area contributed by atoms with Crippen LogP contribution in [0.25, 0.3) is 0 Å². The predicted molar refractivity (Wildman–Crippen MR) is 94.6 cm³/mol. The average Bonchev–Trinajstić information content (AvgIpc) is 3.08. The van der Waals surface area contributed by atoms with Crippen LogP contribution in [0.15, 0.2) is 24.3 Å². The average molecular weight is 337 g/mol. The molecule has 0 bridgehead atoms. The number of ether oxygens (including phenoxy) is 1. The summed E-state index contributed by atoms with van der Waals surface area (Å²) in [6.07, 6.45) is 3.15. The molecule has 0 N–H and O–H groups in total. The molecular weight excluding hydrogens is 314 g/mol. The number of carbonyl (C=O) groups excluding carboxylic acids is 1. The van der Waals surface area contributed by atoms with Crippen LogP contribution < -0.4 is 0 Å². The van der Waals surface area contributed by atoms with Crippen molar-refractivity contribution in [3.05, 3.63) is 58.2 Å². The Morgan fingerprint density at radius 3 is 2.68 bits per heavy atom. The molecule has 1 aromatic heterocycles. The van der Waals surface area contributed by atoms with E-state index in [0.717, 1.165) is 29.8 Å². The molecule has 2 aromatic rings. The third-order valence-electron chi connectivity index (χ3n) is 4.99. The first-order valence-corrected chi connectivity index (χ1v) is 8.95. The molecule has 1 atom stereocenters. The van der Waals surface area contributed by atoms with Gasteiger partial charge >= 0.3 is 0 Å². The highest BCUT2D eigenvalue weighted by Crippen LogP contribution is 2.25. The first-order chi connectivity index (χ1) is 12.1. The van der Waals surface area contributed by atoms with Crippen molar-refractivity contribution >= 4 is 5.91 Å². The fourth-order valence-electron chi connectivity index (χ4n) is 3.77. The maximum absolute atomic E-state index is 12.9. The number of hydrogen-bond acceptors (Lipinski definition) is 4. The number of aryl methyl sites for hydroxylation is 4. The minimum atomic E-state index is -0.259. The SMILES string of the molecule is Cc1cc(C)nc([C@H]2CN(C(=O)c3ccc4c(c3)CCC4)CCO2)n1. The number of rotatable bonds is 2. The highest BCUT2D eigenvalue weighted by Gasteiger charge is 2.28. The minimum absolute atomic E-state index is 0.0763. The Hall–Kier alpha value is -2.27. The summed E-state index contributed by atoms with van der Waals surface area (Å²) in [5, 5.41) is 0. The van der Waals surface area contributed by atoms with E-state index in [-0.39, 0.29) is 12.0 Å². The predicted octanol–water partition coefficient (Wildman–Crippen LogP) is 2.80. The Morgan fingerprint density at radius 2 is 1.88 bits per heavy atom. The highest BCUT2D eigenvalue weighted by molar-refractivity contribution is 5.94. The van der Waals surface area contributed by atoms with Crippen LogP contribution in [0.5, 0.6) is 0 Å². The Bertz CT molecular complexity index is 798. The lowest BCUT2D eigenvalue weighted by molar-refractivity contribution is -0.0269. The minimum Gasteiger partial charge on any atom is -0.367 e. The van der Waals surface area contributed by atoms with Crippen LogP contribution in [0.4, 0.5) is 0 Å². The maximum Gasteiger partial charge on any atom is 0.254 e. The van der Waals surface area contributed by atoms with Gasteiger partial charge in [-0.15, -0.1) is 0 Å². The standard InChI is InChI=1S/C20H23N3O2/c1-13-10-14(2)22-19(21-13)18-12-23(8-9-25-18)20(24)17-7-6-15-4-3-5-16(15)11-17/h6-7,10-11,18H,3-5,8-9,12H2,1-2H3/t18-/m1/s1. The zero-order chi connectivity index (χ0) is 17.4. The van der Waals surface area contributed by atoms with Crippen LogP contribution in [0.2, 0.25) is 0 Å². The molecule has 0 spiro atoms. The molecule has 1 aromatic carbocycles. The molecule has 1 aliphatic heterocycles. The molecule has 2 aliphatic rings. The summed E-state index contributed by atoms with van der Waals surface area (Å²) in [7, 11) is 0. The molecule has 0 saturated carbocycles. The van der Waals surface area contributed by atoms with E-state index in [1.807, 2.05) is 30.9 Å². The lowest BCUT2D eigenvalue weighted by Crippen LogP contribution is -2.42. The highest BCUT2D eigenvalue weighted by atomic mass is 16.5. The Balaban J connectivity index is 1.53. The summed E-state index contributed by atoms with van der Waals surface area (Å²) in [6, 6.07) is 8.09. The van der Waals surface area contributed by atoms with Gasteiger partial charge in [0.2, 0.25) is 0 Å². The van der Waals surface area contributed by atoms with E-state index in [1.165, 1.54) is 17.5 Å². The molecule has 130 valence electrons. The number of carbonyl (C=O) groups is 1. The molecule has 25 heavy (non-hydrogen) atoms. The molecule has 4 rings (SSSR count). The fourth-order valence-corrected chi connectivity index (χ4v) is 3.77. The van der Waals surface area contributed by atoms with Gasteiger partial charge in [0.25, 0.3) is 5.91 Å². The van der Waals surface area contributed by atoms with Gasteiger partial charge in [0.15, 0.2) is 5.82 Å². The zero-order valence-corrected chi connectivity index (χ0v) is 14.8. The first-order valence-electron chi connectivity index (χ1n) is 8.95. The van der Waals surface area contributed by atoms with Crippen molar-refractivity contribution < 1.29 is 9.53 Å². The van der Waals surface area contributed by atoms with Crippen molar-refractivity contribution in [2.75, 3.05) is 19.7 Å². The van der Waals surface area contributed by atoms with Gasteiger partial charge in [-0.05, 0) is 62.4 Å². The summed E-state index contributed by atoms with van der Waals surface area (Å²) in [6.45, 7) is 5.52. The van der Waals surface area contributed by atoms with E-state index in [1.54, 1.807) is 0 Å². The lowest BCUT2D eigenvalue weighted by Gasteiger charge is -2.32. The van der Waals surface area contributed by atoms with Crippen molar-refractivity contribution in [2.45, 2.75) is 39.2 Å². The summed E-state index contributed by atoms with van der Waals surface area (Å²) >= 11 is 0. The van der Waals surface area contributed by atoms with Crippen LogP contribution in [-0.4, -0.2) is 40.5 Å². The van der Waals surface area contributed by atoms with Gasteiger partial charge in [-0.3, -0.25) is 4.79 Å². The molecule has 5 heteroatoms. The Labute approximate surface area is 148 Å². The molecule has 1 fully saturated rings. The van der Waals surface area contributed by atoms with Gasteiger partial charge in [0, 0.05) is 23.5 Å². The topological polar surface area (TPSA) is 55.3 Å². The van der Waals surface area contributed by atoms with Gasteiger partial charge in [-0.1, -0.05) is 6.07 Å². The van der Waals surface area contributed by atoms with E-state index < -0.39 is 0 Å². The van der Waals surface area contributed by atoms with Crippen LogP contribution in [0, 0.1) is 13.8 Å². The summed E-state index contributed by atoms with van der Waals surface area (Å²) < 4.78 is 5.85. The third-order valence-corrected chi connectivity index (χ3v) is 4.99. The van der Waals surface area contributed by atoms with Crippen LogP contribution in [0.1, 0.15) is 51.2 Å². The van der Waals surface area contributed by atoms with E-state index in [9.17, 15) is 4.79 Å². The van der Waals surface area contributed by atoms with Crippen molar-refractivity contribution in [1.29, 1.82) is 0 Å². The third kappa shape index (κ3) is 3.29. The summed E-state index contributed by atoms with van der Waals surface area (Å²) in [5.41, 5.74) is 5.34. The number of fused-ring (bicyclic) bond motifs is 1. The summed E-state index contributed by atoms with van der Waals surface area (Å²) in [4.78, 5) is 23.8. The second kappa shape index (κ2) is 6.56. The molecular formula is C20H23N3O2. The number of nitrogens with zero attached hydrogens (tertiary/aromatic N) is 3. The molecule has 1 aliphatic carbocycles. The van der Waals surface area contributed by atoms with E-state index in [0.29, 0.717) is 25.5 Å². The molecule has 0 unspecified atom stereocenters. The van der Waals surface area contributed by atoms with Crippen molar-refractivity contribution in [1.82, 2.24) is 14.9 Å². The first kappa shape index (κ1) is 16.2. The zero-order valence-electron chi connectivity index (χ0n) is 14.8. The number of aromatic nitrogens is 2. The Morgan fingerprint density at radius 1 is 1.12 bits per heavy atom. The fraction of sp³-hybridized carbons (Fsp3) is 0.450. The van der Waals surface area contributed by atoms with Crippen molar-refractivity contribution in [2.24, 2.45) is 0 Å². The van der Waals surface area contributed by atoms with E-state index >= 15 is 0 Å².